The predicted octanol–water partition coefficient (Wildman–Crippen LogP) is 2.90. The molecule has 1 aromatic heterocycles. The number of aryl methyl sites for hydroxylation is 1. The largest absolute Gasteiger partial charge is 0.334 e. The number of nitrogens with zero attached hydrogens (tertiary/aromatic N) is 1. The van der Waals surface area contributed by atoms with Gasteiger partial charge in [0.05, 0.1) is 10.9 Å². The first-order valence-electron chi connectivity index (χ1n) is 5.07. The average molecular weight is 244 g/mol. The fourth-order valence-electron chi connectivity index (χ4n) is 1.98. The fourth-order valence-corrected chi connectivity index (χ4v) is 3.21. The van der Waals surface area contributed by atoms with Crippen LogP contribution in [0.25, 0.3) is 0 Å². The summed E-state index contributed by atoms with van der Waals surface area (Å²) >= 11 is 7.63. The highest BCUT2D eigenvalue weighted by molar-refractivity contribution is 7.08. The minimum absolute atomic E-state index is 0.114. The Morgan fingerprint density at radius 1 is 1.60 bits per heavy atom. The van der Waals surface area contributed by atoms with Gasteiger partial charge in [-0.05, 0) is 31.2 Å². The van der Waals surface area contributed by atoms with Crippen molar-refractivity contribution in [2.45, 2.75) is 31.7 Å². The van der Waals surface area contributed by atoms with Crippen LogP contribution in [0.2, 0.25) is 0 Å². The van der Waals surface area contributed by atoms with Gasteiger partial charge in [0.25, 0.3) is 5.91 Å². The molecule has 1 fully saturated rings. The topological polar surface area (TPSA) is 20.3 Å². The van der Waals surface area contributed by atoms with E-state index in [-0.39, 0.29) is 17.3 Å². The highest BCUT2D eigenvalue weighted by Crippen LogP contribution is 2.25. The number of thiophene rings is 1. The lowest BCUT2D eigenvalue weighted by atomic mass is 10.2. The van der Waals surface area contributed by atoms with E-state index in [9.17, 15) is 4.79 Å². The van der Waals surface area contributed by atoms with E-state index in [0.717, 1.165) is 17.5 Å². The first-order valence-corrected chi connectivity index (χ1v) is 6.45. The van der Waals surface area contributed by atoms with Gasteiger partial charge in [0, 0.05) is 18.0 Å². The van der Waals surface area contributed by atoms with Crippen molar-refractivity contribution in [2.75, 3.05) is 6.54 Å². The molecule has 0 aromatic carbocycles. The van der Waals surface area contributed by atoms with Gasteiger partial charge in [0.15, 0.2) is 0 Å². The number of alkyl halides is 1. The quantitative estimate of drug-likeness (QED) is 0.695. The Labute approximate surface area is 98.8 Å². The Morgan fingerprint density at radius 3 is 2.80 bits per heavy atom. The van der Waals surface area contributed by atoms with E-state index in [1.807, 2.05) is 22.6 Å². The zero-order chi connectivity index (χ0) is 11.0. The molecule has 1 aromatic rings. The Morgan fingerprint density at radius 2 is 2.33 bits per heavy atom. The van der Waals surface area contributed by atoms with Crippen LogP contribution in [-0.2, 0) is 0 Å². The van der Waals surface area contributed by atoms with Crippen molar-refractivity contribution >= 4 is 28.8 Å². The maximum absolute atomic E-state index is 12.2. The van der Waals surface area contributed by atoms with Crippen LogP contribution in [0.1, 0.15) is 29.3 Å². The molecule has 0 N–H and O–H groups in total. The van der Waals surface area contributed by atoms with Crippen LogP contribution in [0, 0.1) is 6.92 Å². The third-order valence-electron chi connectivity index (χ3n) is 2.87. The monoisotopic (exact) mass is 243 g/mol. The summed E-state index contributed by atoms with van der Waals surface area (Å²) < 4.78 is 0. The summed E-state index contributed by atoms with van der Waals surface area (Å²) in [5, 5.41) is 4.04. The summed E-state index contributed by atoms with van der Waals surface area (Å²) in [6, 6.07) is 0.263. The van der Waals surface area contributed by atoms with Crippen molar-refractivity contribution in [3.05, 3.63) is 21.9 Å². The van der Waals surface area contributed by atoms with Gasteiger partial charge in [-0.15, -0.1) is 11.6 Å². The average Bonchev–Trinajstić information content (AvgIpc) is 2.71. The Kier molecular flexibility index (Phi) is 3.03. The molecule has 2 nitrogen and oxygen atoms in total. The van der Waals surface area contributed by atoms with Crippen LogP contribution < -0.4 is 0 Å². The van der Waals surface area contributed by atoms with Gasteiger partial charge in [0.1, 0.15) is 0 Å². The standard InChI is InChI=1S/C11H14ClNOS/c1-7-5-15-6-10(7)11(14)13-4-9(12)3-8(13)2/h5-6,8-9H,3-4H2,1-2H3. The van der Waals surface area contributed by atoms with Gasteiger partial charge in [0.2, 0.25) is 0 Å². The highest BCUT2D eigenvalue weighted by atomic mass is 35.5. The van der Waals surface area contributed by atoms with E-state index in [4.69, 9.17) is 11.6 Å². The lowest BCUT2D eigenvalue weighted by molar-refractivity contribution is 0.0747. The van der Waals surface area contributed by atoms with Gasteiger partial charge in [-0.1, -0.05) is 0 Å². The number of likely N-dealkylation sites (tertiary alicyclic amines) is 1. The molecular weight excluding hydrogens is 230 g/mol. The van der Waals surface area contributed by atoms with Crippen LogP contribution in [0.3, 0.4) is 0 Å². The summed E-state index contributed by atoms with van der Waals surface area (Å²) in [6.07, 6.45) is 0.899. The molecule has 2 heterocycles. The molecule has 1 aliphatic heterocycles. The molecule has 2 rings (SSSR count). The van der Waals surface area contributed by atoms with E-state index in [1.165, 1.54) is 0 Å². The van der Waals surface area contributed by atoms with Gasteiger partial charge >= 0.3 is 0 Å². The number of hydrogen-bond acceptors (Lipinski definition) is 2. The molecule has 0 radical (unpaired) electrons. The molecule has 1 amide bonds. The van der Waals surface area contributed by atoms with Crippen molar-refractivity contribution in [3.63, 3.8) is 0 Å². The smallest absolute Gasteiger partial charge is 0.255 e. The molecule has 1 aliphatic rings. The Hall–Kier alpha value is -0.540. The maximum Gasteiger partial charge on any atom is 0.255 e. The number of rotatable bonds is 1. The van der Waals surface area contributed by atoms with Crippen LogP contribution in [0.5, 0.6) is 0 Å². The normalized spacial score (nSPS) is 25.9. The van der Waals surface area contributed by atoms with E-state index < -0.39 is 0 Å². The van der Waals surface area contributed by atoms with Crippen molar-refractivity contribution in [2.24, 2.45) is 0 Å². The molecular formula is C11H14ClNOS. The summed E-state index contributed by atoms with van der Waals surface area (Å²) in [6.45, 7) is 4.71. The molecule has 0 saturated carbocycles. The van der Waals surface area contributed by atoms with Crippen molar-refractivity contribution in [1.82, 2.24) is 4.90 Å². The second kappa shape index (κ2) is 4.14. The van der Waals surface area contributed by atoms with Crippen molar-refractivity contribution in [3.8, 4) is 0 Å². The molecule has 0 spiro atoms. The SMILES string of the molecule is Cc1cscc1C(=O)N1CC(Cl)CC1C. The van der Waals surface area contributed by atoms with Gasteiger partial charge in [-0.2, -0.15) is 11.3 Å². The van der Waals surface area contributed by atoms with E-state index >= 15 is 0 Å². The van der Waals surface area contributed by atoms with Crippen molar-refractivity contribution in [1.29, 1.82) is 0 Å². The summed E-state index contributed by atoms with van der Waals surface area (Å²) in [5.41, 5.74) is 1.90. The Bertz CT molecular complexity index is 376. The summed E-state index contributed by atoms with van der Waals surface area (Å²) in [7, 11) is 0. The number of halogens is 1. The van der Waals surface area contributed by atoms with E-state index in [2.05, 4.69) is 6.92 Å². The number of hydrogen-bond donors (Lipinski definition) is 0. The minimum atomic E-state index is 0.114. The molecule has 2 atom stereocenters. The molecule has 0 aliphatic carbocycles. The maximum atomic E-state index is 12.2. The van der Waals surface area contributed by atoms with Gasteiger partial charge in [-0.25, -0.2) is 0 Å². The molecule has 15 heavy (non-hydrogen) atoms. The molecule has 4 heteroatoms. The highest BCUT2D eigenvalue weighted by Gasteiger charge is 2.32. The summed E-state index contributed by atoms with van der Waals surface area (Å²) in [4.78, 5) is 14.0. The van der Waals surface area contributed by atoms with Gasteiger partial charge < -0.3 is 4.90 Å². The Balaban J connectivity index is 2.19. The lowest BCUT2D eigenvalue weighted by Gasteiger charge is -2.21. The number of carbonyl (C=O) groups excluding carboxylic acids is 1. The van der Waals surface area contributed by atoms with Crippen LogP contribution >= 0.6 is 22.9 Å². The zero-order valence-electron chi connectivity index (χ0n) is 8.87. The lowest BCUT2D eigenvalue weighted by Crippen LogP contribution is -2.34. The summed E-state index contributed by atoms with van der Waals surface area (Å²) in [5.74, 6) is 0.129. The van der Waals surface area contributed by atoms with Gasteiger partial charge in [-0.3, -0.25) is 4.79 Å². The minimum Gasteiger partial charge on any atom is -0.334 e. The third-order valence-corrected chi connectivity index (χ3v) is 4.05. The van der Waals surface area contributed by atoms with E-state index in [0.29, 0.717) is 6.54 Å². The second-order valence-corrected chi connectivity index (χ2v) is 5.47. The van der Waals surface area contributed by atoms with Crippen molar-refractivity contribution < 1.29 is 4.79 Å². The van der Waals surface area contributed by atoms with E-state index in [1.54, 1.807) is 11.3 Å². The fraction of sp³-hybridized carbons (Fsp3) is 0.545. The second-order valence-electron chi connectivity index (χ2n) is 4.11. The van der Waals surface area contributed by atoms with Crippen LogP contribution in [-0.4, -0.2) is 28.8 Å². The molecule has 2 unspecified atom stereocenters. The molecule has 82 valence electrons. The number of carbonyl (C=O) groups is 1. The first kappa shape index (κ1) is 11.0. The molecule has 1 saturated heterocycles. The van der Waals surface area contributed by atoms with Crippen LogP contribution in [0.15, 0.2) is 10.8 Å². The van der Waals surface area contributed by atoms with Crippen LogP contribution in [0.4, 0.5) is 0 Å². The third kappa shape index (κ3) is 2.04. The zero-order valence-corrected chi connectivity index (χ0v) is 10.4. The molecule has 0 bridgehead atoms. The predicted molar refractivity (Wildman–Crippen MR) is 63.8 cm³/mol. The number of amides is 1. The first-order chi connectivity index (χ1) is 7.09.